The molecule has 0 heterocycles. The van der Waals surface area contributed by atoms with Gasteiger partial charge in [0.2, 0.25) is 5.91 Å². The number of carbonyl (C=O) groups is 2. The Bertz CT molecular complexity index is 1620. The summed E-state index contributed by atoms with van der Waals surface area (Å²) in [6.07, 6.45) is 79.3. The standard InChI is InChI=1S/C71H131N2O7P/c1-7-10-13-16-19-22-25-28-30-32-33-34-35-36-37-38-39-41-43-46-49-52-55-58-61-64-71(75)80-69(62-59-56-53-50-47-44-27-24-21-18-15-12-9-3)68(67-79-81(76,77)78-66-65-73(4,5)6)72-70(74)63-60-57-54-51-48-45-42-40-31-29-26-23-20-17-14-11-8-2/h11,14,20,23,29,31,42,45,51,54,59,62,68-69H,7-10,12-13,15-19,21-22,24-28,30,32-41,43-44,46-50,52-53,55-58,60-61,63-67H2,1-6H3,(H-,72,74,76,77)/p+1/b14-11-,23-20-,31-29-,45-42-,54-51-,62-59-. The number of carbonyl (C=O) groups excluding carboxylic acids is 2. The van der Waals surface area contributed by atoms with Gasteiger partial charge in [0, 0.05) is 12.8 Å². The van der Waals surface area contributed by atoms with Gasteiger partial charge in [-0.15, -0.1) is 0 Å². The summed E-state index contributed by atoms with van der Waals surface area (Å²) >= 11 is 0. The highest BCUT2D eigenvalue weighted by atomic mass is 31.2. The van der Waals surface area contributed by atoms with Crippen LogP contribution in [0.15, 0.2) is 72.9 Å². The summed E-state index contributed by atoms with van der Waals surface area (Å²) < 4.78 is 30.7. The summed E-state index contributed by atoms with van der Waals surface area (Å²) in [6.45, 7) is 6.89. The van der Waals surface area contributed by atoms with E-state index in [9.17, 15) is 19.0 Å². The number of esters is 1. The van der Waals surface area contributed by atoms with Crippen LogP contribution in [-0.4, -0.2) is 74.3 Å². The van der Waals surface area contributed by atoms with Crippen molar-refractivity contribution >= 4 is 19.7 Å². The molecule has 0 saturated carbocycles. The molecule has 0 aliphatic heterocycles. The molecule has 0 spiro atoms. The first-order chi connectivity index (χ1) is 39.4. The fraction of sp³-hybridized carbons (Fsp3) is 0.803. The second-order valence-corrected chi connectivity index (χ2v) is 25.8. The molecule has 0 bridgehead atoms. The molecule has 472 valence electrons. The van der Waals surface area contributed by atoms with Crippen molar-refractivity contribution in [3.63, 3.8) is 0 Å². The fourth-order valence-corrected chi connectivity index (χ4v) is 10.7. The number of unbranched alkanes of at least 4 members (excludes halogenated alkanes) is 36. The van der Waals surface area contributed by atoms with Crippen LogP contribution in [0.2, 0.25) is 0 Å². The highest BCUT2D eigenvalue weighted by Crippen LogP contribution is 2.43. The van der Waals surface area contributed by atoms with E-state index in [1.54, 1.807) is 0 Å². The van der Waals surface area contributed by atoms with Gasteiger partial charge in [-0.25, -0.2) is 4.57 Å². The van der Waals surface area contributed by atoms with Crippen LogP contribution in [0.25, 0.3) is 0 Å². The van der Waals surface area contributed by atoms with Crippen LogP contribution in [0.5, 0.6) is 0 Å². The molecule has 81 heavy (non-hydrogen) atoms. The van der Waals surface area contributed by atoms with Crippen molar-refractivity contribution in [2.24, 2.45) is 0 Å². The number of allylic oxidation sites excluding steroid dienone is 11. The van der Waals surface area contributed by atoms with Crippen LogP contribution in [0.4, 0.5) is 0 Å². The first-order valence-electron chi connectivity index (χ1n) is 34.3. The van der Waals surface area contributed by atoms with E-state index >= 15 is 0 Å². The molecule has 0 aliphatic carbocycles. The van der Waals surface area contributed by atoms with Gasteiger partial charge in [0.25, 0.3) is 0 Å². The third-order valence-electron chi connectivity index (χ3n) is 15.2. The summed E-state index contributed by atoms with van der Waals surface area (Å²) in [5, 5.41) is 3.03. The van der Waals surface area contributed by atoms with Gasteiger partial charge in [-0.3, -0.25) is 18.6 Å². The number of phosphoric acid groups is 1. The van der Waals surface area contributed by atoms with E-state index in [2.05, 4.69) is 86.8 Å². The average Bonchev–Trinajstić information content (AvgIpc) is 3.44. The van der Waals surface area contributed by atoms with Crippen molar-refractivity contribution in [2.45, 2.75) is 328 Å². The topological polar surface area (TPSA) is 111 Å². The number of nitrogens with zero attached hydrogens (tertiary/aromatic N) is 1. The van der Waals surface area contributed by atoms with Crippen molar-refractivity contribution < 1.29 is 37.3 Å². The maximum atomic E-state index is 13.5. The normalized spacial score (nSPS) is 14.0. The Morgan fingerprint density at radius 2 is 0.802 bits per heavy atom. The molecule has 9 nitrogen and oxygen atoms in total. The lowest BCUT2D eigenvalue weighted by Crippen LogP contribution is -2.47. The highest BCUT2D eigenvalue weighted by molar-refractivity contribution is 7.47. The van der Waals surface area contributed by atoms with Gasteiger partial charge in [0.1, 0.15) is 19.3 Å². The maximum Gasteiger partial charge on any atom is 0.472 e. The minimum atomic E-state index is -4.47. The molecule has 0 aromatic rings. The Morgan fingerprint density at radius 1 is 0.444 bits per heavy atom. The van der Waals surface area contributed by atoms with Crippen LogP contribution in [-0.2, 0) is 27.9 Å². The lowest BCUT2D eigenvalue weighted by molar-refractivity contribution is -0.870. The number of amides is 1. The smallest absolute Gasteiger partial charge is 0.456 e. The lowest BCUT2D eigenvalue weighted by atomic mass is 10.0. The molecule has 0 radical (unpaired) electrons. The van der Waals surface area contributed by atoms with Crippen molar-refractivity contribution in [1.82, 2.24) is 5.32 Å². The van der Waals surface area contributed by atoms with Crippen molar-refractivity contribution in [2.75, 3.05) is 40.9 Å². The van der Waals surface area contributed by atoms with Gasteiger partial charge < -0.3 is 19.4 Å². The summed E-state index contributed by atoms with van der Waals surface area (Å²) in [5.41, 5.74) is 0. The Labute approximate surface area is 502 Å². The second kappa shape index (κ2) is 60.6. The van der Waals surface area contributed by atoms with E-state index in [1.807, 2.05) is 33.3 Å². The third-order valence-corrected chi connectivity index (χ3v) is 16.1. The number of ether oxygens (including phenoxy) is 1. The Morgan fingerprint density at radius 3 is 1.20 bits per heavy atom. The monoisotopic (exact) mass is 1160 g/mol. The molecule has 0 aliphatic rings. The number of hydrogen-bond acceptors (Lipinski definition) is 6. The van der Waals surface area contributed by atoms with Crippen LogP contribution >= 0.6 is 7.82 Å². The molecule has 3 atom stereocenters. The molecule has 0 fully saturated rings. The minimum Gasteiger partial charge on any atom is -0.456 e. The predicted octanol–water partition coefficient (Wildman–Crippen LogP) is 21.6. The Kier molecular flexibility index (Phi) is 58.7. The van der Waals surface area contributed by atoms with Gasteiger partial charge in [0.05, 0.1) is 33.8 Å². The maximum absolute atomic E-state index is 13.5. The molecule has 2 N–H and O–H groups in total. The molecule has 10 heteroatoms. The average molecular weight is 1160 g/mol. The zero-order valence-corrected chi connectivity index (χ0v) is 54.9. The van der Waals surface area contributed by atoms with E-state index in [0.29, 0.717) is 17.4 Å². The zero-order chi connectivity index (χ0) is 59.3. The Balaban J connectivity index is 5.15. The Hall–Kier alpha value is -2.55. The number of nitrogens with one attached hydrogen (secondary N) is 1. The summed E-state index contributed by atoms with van der Waals surface area (Å²) in [5.74, 6) is -0.563. The van der Waals surface area contributed by atoms with Crippen molar-refractivity contribution in [3.8, 4) is 0 Å². The predicted molar refractivity (Wildman–Crippen MR) is 351 cm³/mol. The van der Waals surface area contributed by atoms with Gasteiger partial charge >= 0.3 is 13.8 Å². The van der Waals surface area contributed by atoms with E-state index in [4.69, 9.17) is 13.8 Å². The summed E-state index contributed by atoms with van der Waals surface area (Å²) in [7, 11) is 1.46. The number of phosphoric ester groups is 1. The van der Waals surface area contributed by atoms with Crippen LogP contribution in [0.3, 0.4) is 0 Å². The first kappa shape index (κ1) is 78.5. The number of likely N-dealkylation sites (N-methyl/N-ethyl adjacent to an activating group) is 1. The fourth-order valence-electron chi connectivity index (χ4n) is 9.92. The molecular formula is C71H132N2O7P+. The molecule has 0 saturated heterocycles. The molecule has 1 amide bonds. The highest BCUT2D eigenvalue weighted by Gasteiger charge is 2.30. The van der Waals surface area contributed by atoms with Crippen LogP contribution < -0.4 is 5.32 Å². The van der Waals surface area contributed by atoms with Gasteiger partial charge in [-0.05, 0) is 70.3 Å². The number of hydrogen-bond donors (Lipinski definition) is 2. The van der Waals surface area contributed by atoms with Gasteiger partial charge in [-0.1, -0.05) is 306 Å². The quantitative estimate of drug-likeness (QED) is 0.0205. The lowest BCUT2D eigenvalue weighted by Gasteiger charge is -2.27. The van der Waals surface area contributed by atoms with Crippen LogP contribution in [0, 0.1) is 0 Å². The third kappa shape index (κ3) is 61.8. The molecule has 3 unspecified atom stereocenters. The van der Waals surface area contributed by atoms with Crippen molar-refractivity contribution in [3.05, 3.63) is 72.9 Å². The van der Waals surface area contributed by atoms with Gasteiger partial charge in [0.15, 0.2) is 0 Å². The number of rotatable bonds is 62. The minimum absolute atomic E-state index is 0.0288. The van der Waals surface area contributed by atoms with Gasteiger partial charge in [-0.2, -0.15) is 0 Å². The SMILES string of the molecule is CC/C=C\C/C=C\C/C=C\C/C=C\C/C=C\CCCC(=O)NC(COP(=O)(O)OCC[N+](C)(C)C)C(/C=C\CCCCCCCCCCCCC)OC(=O)CCCCCCCCCCCCCCCCCCCCCCCCCCC. The molecule has 0 aromatic carbocycles. The number of quaternary nitrogens is 1. The van der Waals surface area contributed by atoms with E-state index in [-0.39, 0.29) is 37.9 Å². The van der Waals surface area contributed by atoms with E-state index in [0.717, 1.165) is 77.0 Å². The van der Waals surface area contributed by atoms with Crippen molar-refractivity contribution in [1.29, 1.82) is 0 Å². The van der Waals surface area contributed by atoms with E-state index < -0.39 is 20.0 Å². The van der Waals surface area contributed by atoms with E-state index in [1.165, 1.54) is 199 Å². The zero-order valence-electron chi connectivity index (χ0n) is 54.0. The largest absolute Gasteiger partial charge is 0.472 e. The molecular weight excluding hydrogens is 1020 g/mol. The molecule has 0 aromatic heterocycles. The summed E-state index contributed by atoms with van der Waals surface area (Å²) in [4.78, 5) is 37.8. The molecule has 0 rings (SSSR count). The first-order valence-corrected chi connectivity index (χ1v) is 35.8. The van der Waals surface area contributed by atoms with Crippen LogP contribution in [0.1, 0.15) is 316 Å². The summed E-state index contributed by atoms with van der Waals surface area (Å²) in [6, 6.07) is -0.879. The second-order valence-electron chi connectivity index (χ2n) is 24.3.